The summed E-state index contributed by atoms with van der Waals surface area (Å²) in [7, 11) is 0. The number of anilines is 1. The molecular weight excluding hydrogens is 262 g/mol. The van der Waals surface area contributed by atoms with E-state index in [0.29, 0.717) is 12.4 Å². The van der Waals surface area contributed by atoms with Gasteiger partial charge in [0.05, 0.1) is 30.1 Å². The Morgan fingerprint density at radius 1 is 1.32 bits per heavy atom. The van der Waals surface area contributed by atoms with Crippen LogP contribution in [-0.4, -0.2) is 40.6 Å². The lowest BCUT2D eigenvalue weighted by atomic mass is 10.2. The first kappa shape index (κ1) is 14.1. The number of nitrogens with one attached hydrogen (secondary N) is 1. The predicted octanol–water partition coefficient (Wildman–Crippen LogP) is 1.08. The molecule has 0 bridgehead atoms. The molecule has 0 amide bonds. The van der Waals surface area contributed by atoms with Gasteiger partial charge in [-0.2, -0.15) is 4.40 Å². The van der Waals surface area contributed by atoms with E-state index in [-0.39, 0.29) is 6.61 Å². The van der Waals surface area contributed by atoms with E-state index < -0.39 is 0 Å². The van der Waals surface area contributed by atoms with Crippen LogP contribution in [-0.2, 0) is 6.42 Å². The van der Waals surface area contributed by atoms with Gasteiger partial charge in [0.25, 0.3) is 0 Å². The molecule has 1 aromatic heterocycles. The maximum absolute atomic E-state index is 8.91. The lowest BCUT2D eigenvalue weighted by molar-refractivity contribution is 0.300. The summed E-state index contributed by atoms with van der Waals surface area (Å²) in [6, 6.07) is 0. The van der Waals surface area contributed by atoms with Crippen LogP contribution in [0.15, 0.2) is 4.40 Å². The van der Waals surface area contributed by atoms with E-state index in [4.69, 9.17) is 10.1 Å². The monoisotopic (exact) mass is 281 g/mol. The largest absolute Gasteiger partial charge is 0.395 e. The molecular formula is C12H19N5OS. The van der Waals surface area contributed by atoms with E-state index in [1.165, 1.54) is 12.1 Å². The van der Waals surface area contributed by atoms with E-state index in [9.17, 15) is 0 Å². The van der Waals surface area contributed by atoms with Crippen molar-refractivity contribution in [2.24, 2.45) is 4.40 Å². The first-order chi connectivity index (χ1) is 9.21. The highest BCUT2D eigenvalue weighted by atomic mass is 32.2. The number of fused-ring (bicyclic) bond motifs is 1. The first-order valence-electron chi connectivity index (χ1n) is 6.46. The molecule has 2 heterocycles. The van der Waals surface area contributed by atoms with Crippen LogP contribution in [0.2, 0.25) is 0 Å². The molecule has 0 spiro atoms. The van der Waals surface area contributed by atoms with Crippen molar-refractivity contribution in [2.75, 3.05) is 24.0 Å². The third-order valence-electron chi connectivity index (χ3n) is 2.87. The fourth-order valence-electron chi connectivity index (χ4n) is 1.88. The van der Waals surface area contributed by atoms with Crippen molar-refractivity contribution in [1.29, 1.82) is 0 Å². The average molecular weight is 281 g/mol. The standard InChI is InChI=1S/C12H19N5OS/c1-4-9-8(3)14-10-11(13-6-7-18)16-19-17(5-2)12(10)15-9/h18H,4-7H2,1-3H3,(H,13,16). The molecule has 0 saturated heterocycles. The Balaban J connectivity index is 2.42. The number of hydrogen-bond donors (Lipinski definition) is 2. The van der Waals surface area contributed by atoms with Gasteiger partial charge in [-0.1, -0.05) is 6.92 Å². The number of aliphatic hydroxyl groups excluding tert-OH is 1. The highest BCUT2D eigenvalue weighted by Crippen LogP contribution is 2.30. The molecule has 6 nitrogen and oxygen atoms in total. The normalized spacial score (nSPS) is 14.1. The van der Waals surface area contributed by atoms with E-state index in [1.54, 1.807) is 0 Å². The van der Waals surface area contributed by atoms with E-state index in [1.807, 2.05) is 11.2 Å². The van der Waals surface area contributed by atoms with Gasteiger partial charge in [0.1, 0.15) is 5.69 Å². The minimum Gasteiger partial charge on any atom is -0.395 e. The molecule has 0 aliphatic carbocycles. The van der Waals surface area contributed by atoms with Crippen molar-refractivity contribution in [3.05, 3.63) is 17.1 Å². The minimum atomic E-state index is 0.0654. The van der Waals surface area contributed by atoms with Crippen molar-refractivity contribution in [1.82, 2.24) is 15.3 Å². The Labute approximate surface area is 117 Å². The number of rotatable bonds is 4. The van der Waals surface area contributed by atoms with Crippen LogP contribution in [0.5, 0.6) is 0 Å². The number of nitrogens with zero attached hydrogens (tertiary/aromatic N) is 4. The van der Waals surface area contributed by atoms with Crippen LogP contribution in [0.1, 0.15) is 30.9 Å². The number of aliphatic hydroxyl groups is 1. The molecule has 7 heteroatoms. The average Bonchev–Trinajstić information content (AvgIpc) is 2.44. The van der Waals surface area contributed by atoms with E-state index >= 15 is 0 Å². The molecule has 2 rings (SSSR count). The van der Waals surface area contributed by atoms with Gasteiger partial charge >= 0.3 is 0 Å². The van der Waals surface area contributed by atoms with Gasteiger partial charge in [0.15, 0.2) is 11.7 Å². The Morgan fingerprint density at radius 2 is 2.11 bits per heavy atom. The fraction of sp³-hybridized carbons (Fsp3) is 0.583. The molecule has 0 unspecified atom stereocenters. The molecule has 0 saturated carbocycles. The maximum Gasteiger partial charge on any atom is 0.170 e. The summed E-state index contributed by atoms with van der Waals surface area (Å²) in [6.45, 7) is 7.45. The van der Waals surface area contributed by atoms with Gasteiger partial charge in [-0.05, 0) is 20.3 Å². The van der Waals surface area contributed by atoms with E-state index in [0.717, 1.165) is 35.9 Å². The Morgan fingerprint density at radius 3 is 2.74 bits per heavy atom. The molecule has 19 heavy (non-hydrogen) atoms. The lowest BCUT2D eigenvalue weighted by Gasteiger charge is -2.26. The Kier molecular flexibility index (Phi) is 4.60. The highest BCUT2D eigenvalue weighted by molar-refractivity contribution is 7.99. The van der Waals surface area contributed by atoms with Gasteiger partial charge in [0.2, 0.25) is 0 Å². The molecule has 0 aromatic carbocycles. The third kappa shape index (κ3) is 2.82. The number of aromatic nitrogens is 2. The Hall–Kier alpha value is -1.34. The molecule has 104 valence electrons. The van der Waals surface area contributed by atoms with E-state index in [2.05, 4.69) is 28.5 Å². The summed E-state index contributed by atoms with van der Waals surface area (Å²) >= 11 is 1.36. The second kappa shape index (κ2) is 6.21. The van der Waals surface area contributed by atoms with Gasteiger partial charge in [-0.15, -0.1) is 0 Å². The highest BCUT2D eigenvalue weighted by Gasteiger charge is 2.24. The van der Waals surface area contributed by atoms with Crippen LogP contribution in [0.25, 0.3) is 0 Å². The van der Waals surface area contributed by atoms with Gasteiger partial charge in [0, 0.05) is 13.1 Å². The fourth-order valence-corrected chi connectivity index (χ4v) is 2.53. The molecule has 0 fully saturated rings. The van der Waals surface area contributed by atoms with Crippen molar-refractivity contribution in [2.45, 2.75) is 27.2 Å². The lowest BCUT2D eigenvalue weighted by Crippen LogP contribution is -2.34. The predicted molar refractivity (Wildman–Crippen MR) is 78.4 cm³/mol. The zero-order valence-corrected chi connectivity index (χ0v) is 12.3. The summed E-state index contributed by atoms with van der Waals surface area (Å²) in [4.78, 5) is 9.33. The van der Waals surface area contributed by atoms with Crippen LogP contribution in [0, 0.1) is 6.92 Å². The number of amidine groups is 1. The molecule has 1 aliphatic heterocycles. The van der Waals surface area contributed by atoms with Crippen LogP contribution >= 0.6 is 12.1 Å². The quantitative estimate of drug-likeness (QED) is 0.805. The second-order valence-corrected chi connectivity index (χ2v) is 4.93. The summed E-state index contributed by atoms with van der Waals surface area (Å²) in [5.74, 6) is 1.54. The molecule has 0 radical (unpaired) electrons. The zero-order valence-electron chi connectivity index (χ0n) is 11.5. The van der Waals surface area contributed by atoms with Crippen molar-refractivity contribution < 1.29 is 5.11 Å². The maximum atomic E-state index is 8.91. The number of hydrogen-bond acceptors (Lipinski definition) is 7. The third-order valence-corrected chi connectivity index (χ3v) is 3.76. The van der Waals surface area contributed by atoms with Gasteiger partial charge in [-0.3, -0.25) is 4.31 Å². The Bertz CT molecular complexity index is 491. The topological polar surface area (TPSA) is 73.6 Å². The van der Waals surface area contributed by atoms with Crippen molar-refractivity contribution >= 4 is 23.8 Å². The second-order valence-electron chi connectivity index (χ2n) is 4.15. The molecule has 0 atom stereocenters. The van der Waals surface area contributed by atoms with Gasteiger partial charge < -0.3 is 10.4 Å². The first-order valence-corrected chi connectivity index (χ1v) is 7.19. The summed E-state index contributed by atoms with van der Waals surface area (Å²) in [5.41, 5.74) is 2.72. The number of aryl methyl sites for hydroxylation is 2. The summed E-state index contributed by atoms with van der Waals surface area (Å²) in [5, 5.41) is 12.0. The van der Waals surface area contributed by atoms with Crippen LogP contribution < -0.4 is 9.62 Å². The smallest absolute Gasteiger partial charge is 0.170 e. The molecule has 1 aromatic rings. The van der Waals surface area contributed by atoms with Crippen LogP contribution in [0.4, 0.5) is 5.82 Å². The summed E-state index contributed by atoms with van der Waals surface area (Å²) < 4.78 is 6.41. The minimum absolute atomic E-state index is 0.0654. The molecule has 1 aliphatic rings. The summed E-state index contributed by atoms with van der Waals surface area (Å²) in [6.07, 6.45) is 0.866. The van der Waals surface area contributed by atoms with Crippen LogP contribution in [0.3, 0.4) is 0 Å². The van der Waals surface area contributed by atoms with Gasteiger partial charge in [-0.25, -0.2) is 9.97 Å². The van der Waals surface area contributed by atoms with Crippen molar-refractivity contribution in [3.8, 4) is 0 Å². The zero-order chi connectivity index (χ0) is 13.8. The SMILES string of the molecule is CCc1nc2c(nc1C)C(NCCO)=NSN2CC. The van der Waals surface area contributed by atoms with Crippen molar-refractivity contribution in [3.63, 3.8) is 0 Å². The molecule has 2 N–H and O–H groups in total.